The Kier molecular flexibility index (Phi) is 4.89. The highest BCUT2D eigenvalue weighted by Gasteiger charge is 2.14. The van der Waals surface area contributed by atoms with E-state index in [2.05, 4.69) is 9.98 Å². The van der Waals surface area contributed by atoms with Crippen LogP contribution < -0.4 is 5.46 Å². The van der Waals surface area contributed by atoms with Crippen LogP contribution in [-0.4, -0.2) is 40.7 Å². The van der Waals surface area contributed by atoms with Gasteiger partial charge in [0.25, 0.3) is 0 Å². The van der Waals surface area contributed by atoms with E-state index in [-0.39, 0.29) is 12.3 Å². The van der Waals surface area contributed by atoms with E-state index in [4.69, 9.17) is 0 Å². The summed E-state index contributed by atoms with van der Waals surface area (Å²) < 4.78 is 0. The van der Waals surface area contributed by atoms with Crippen LogP contribution >= 0.6 is 0 Å². The minimum Gasteiger partial charge on any atom is -0.423 e. The van der Waals surface area contributed by atoms with Crippen molar-refractivity contribution in [1.29, 1.82) is 0 Å². The zero-order valence-electron chi connectivity index (χ0n) is 13.0. The Hall–Kier alpha value is -2.70. The summed E-state index contributed by atoms with van der Waals surface area (Å²) in [5.41, 5.74) is 2.92. The number of carbonyl (C=O) groups is 1. The molecule has 0 aliphatic heterocycles. The number of hydrogen-bond donors (Lipinski definition) is 3. The molecule has 0 spiro atoms. The molecule has 24 heavy (non-hydrogen) atoms. The fraction of sp³-hybridized carbons (Fsp3) is 0.111. The third-order valence-corrected chi connectivity index (χ3v) is 3.83. The summed E-state index contributed by atoms with van der Waals surface area (Å²) in [6, 6.07) is 14.7. The average Bonchev–Trinajstić information content (AvgIpc) is 2.98. The predicted molar refractivity (Wildman–Crippen MR) is 95.7 cm³/mol. The van der Waals surface area contributed by atoms with Crippen LogP contribution in [0, 0.1) is 0 Å². The summed E-state index contributed by atoms with van der Waals surface area (Å²) in [5.74, 6) is -0.00182. The maximum Gasteiger partial charge on any atom is 0.489 e. The highest BCUT2D eigenvalue weighted by atomic mass is 16.4. The molecule has 0 unspecified atom stereocenters. The molecule has 3 N–H and O–H groups in total. The molecule has 1 aromatic heterocycles. The largest absolute Gasteiger partial charge is 0.489 e. The fourth-order valence-electron chi connectivity index (χ4n) is 2.66. The van der Waals surface area contributed by atoms with Crippen molar-refractivity contribution >= 4 is 35.5 Å². The Balaban J connectivity index is 1.66. The molecule has 2 aromatic carbocycles. The van der Waals surface area contributed by atoms with Crippen molar-refractivity contribution in [3.8, 4) is 0 Å². The lowest BCUT2D eigenvalue weighted by Crippen LogP contribution is -2.32. The van der Waals surface area contributed by atoms with E-state index in [1.807, 2.05) is 30.5 Å². The molecule has 0 aliphatic rings. The molecule has 0 bridgehead atoms. The summed E-state index contributed by atoms with van der Waals surface area (Å²) in [6.45, 7) is 0.0510. The topological polar surface area (TPSA) is 85.7 Å². The Morgan fingerprint density at radius 1 is 1.12 bits per heavy atom. The van der Waals surface area contributed by atoms with E-state index < -0.39 is 7.12 Å². The molecule has 3 rings (SSSR count). The van der Waals surface area contributed by atoms with Gasteiger partial charge in [-0.1, -0.05) is 42.5 Å². The molecule has 0 saturated heterocycles. The zero-order valence-corrected chi connectivity index (χ0v) is 13.0. The number of fused-ring (bicyclic) bond motifs is 1. The van der Waals surface area contributed by atoms with E-state index in [0.29, 0.717) is 17.4 Å². The third-order valence-electron chi connectivity index (χ3n) is 3.83. The zero-order chi connectivity index (χ0) is 16.9. The Morgan fingerprint density at radius 3 is 2.71 bits per heavy atom. The SMILES string of the molecule is O=C(CN=Cc1ccccc1B(O)O)Cc1c[nH]c2ccccc12. The van der Waals surface area contributed by atoms with Gasteiger partial charge in [-0.3, -0.25) is 9.79 Å². The molecule has 3 aromatic rings. The van der Waals surface area contributed by atoms with Crippen LogP contribution in [0.5, 0.6) is 0 Å². The first kappa shape index (κ1) is 16.2. The normalized spacial score (nSPS) is 11.2. The van der Waals surface area contributed by atoms with E-state index in [9.17, 15) is 14.8 Å². The molecule has 1 heterocycles. The van der Waals surface area contributed by atoms with Gasteiger partial charge >= 0.3 is 7.12 Å². The van der Waals surface area contributed by atoms with Gasteiger partial charge in [0.05, 0.1) is 6.54 Å². The smallest absolute Gasteiger partial charge is 0.423 e. The second-order valence-electron chi connectivity index (χ2n) is 5.55. The molecule has 6 heteroatoms. The maximum absolute atomic E-state index is 12.1. The Labute approximate surface area is 139 Å². The summed E-state index contributed by atoms with van der Waals surface area (Å²) in [4.78, 5) is 19.4. The van der Waals surface area contributed by atoms with Crippen LogP contribution in [0.1, 0.15) is 11.1 Å². The Morgan fingerprint density at radius 2 is 1.88 bits per heavy atom. The Bertz CT molecular complexity index is 887. The van der Waals surface area contributed by atoms with Crippen molar-refractivity contribution in [2.24, 2.45) is 4.99 Å². The average molecular weight is 320 g/mol. The number of H-pyrrole nitrogens is 1. The van der Waals surface area contributed by atoms with Crippen LogP contribution in [0.15, 0.2) is 59.7 Å². The van der Waals surface area contributed by atoms with E-state index in [1.165, 1.54) is 6.21 Å². The molecule has 0 amide bonds. The monoisotopic (exact) mass is 320 g/mol. The number of benzene rings is 2. The molecule has 0 saturated carbocycles. The number of nitrogens with one attached hydrogen (secondary N) is 1. The number of hydrogen-bond acceptors (Lipinski definition) is 4. The standard InChI is InChI=1S/C18H17BN2O3/c22-15(9-14-11-21-18-8-4-2-6-16(14)18)12-20-10-13-5-1-3-7-17(13)19(23)24/h1-8,10-11,21,23-24H,9,12H2. The number of nitrogens with zero attached hydrogens (tertiary/aromatic N) is 1. The number of rotatable bonds is 6. The van der Waals surface area contributed by atoms with Crippen LogP contribution in [-0.2, 0) is 11.2 Å². The number of aromatic nitrogens is 1. The number of para-hydroxylation sites is 1. The molecule has 0 atom stereocenters. The van der Waals surface area contributed by atoms with Gasteiger partial charge in [-0.15, -0.1) is 0 Å². The number of aromatic amines is 1. The molecule has 0 aliphatic carbocycles. The van der Waals surface area contributed by atoms with Crippen molar-refractivity contribution in [2.75, 3.05) is 6.54 Å². The van der Waals surface area contributed by atoms with E-state index >= 15 is 0 Å². The van der Waals surface area contributed by atoms with Gasteiger partial charge in [0.15, 0.2) is 5.78 Å². The van der Waals surface area contributed by atoms with Gasteiger partial charge in [0.1, 0.15) is 0 Å². The lowest BCUT2D eigenvalue weighted by atomic mass is 9.77. The summed E-state index contributed by atoms with van der Waals surface area (Å²) in [7, 11) is -1.56. The highest BCUT2D eigenvalue weighted by Crippen LogP contribution is 2.18. The number of carbonyl (C=O) groups excluding carboxylic acids is 1. The van der Waals surface area contributed by atoms with Crippen molar-refractivity contribution in [3.05, 3.63) is 65.9 Å². The second-order valence-corrected chi connectivity index (χ2v) is 5.55. The van der Waals surface area contributed by atoms with E-state index in [0.717, 1.165) is 16.5 Å². The number of aliphatic imine (C=N–C) groups is 1. The van der Waals surface area contributed by atoms with Gasteiger partial charge < -0.3 is 15.0 Å². The molecular formula is C18H17BN2O3. The van der Waals surface area contributed by atoms with Crippen molar-refractivity contribution in [2.45, 2.75) is 6.42 Å². The molecule has 0 fully saturated rings. The van der Waals surface area contributed by atoms with Gasteiger partial charge in [0, 0.05) is 29.7 Å². The predicted octanol–water partition coefficient (Wildman–Crippen LogP) is 1.08. The first-order valence-corrected chi connectivity index (χ1v) is 7.67. The summed E-state index contributed by atoms with van der Waals surface area (Å²) in [6.07, 6.45) is 3.66. The van der Waals surface area contributed by atoms with Gasteiger partial charge in [-0.05, 0) is 22.7 Å². The summed E-state index contributed by atoms with van der Waals surface area (Å²) in [5, 5.41) is 19.7. The van der Waals surface area contributed by atoms with Crippen molar-refractivity contribution in [3.63, 3.8) is 0 Å². The van der Waals surface area contributed by atoms with Gasteiger partial charge in [0.2, 0.25) is 0 Å². The van der Waals surface area contributed by atoms with Gasteiger partial charge in [-0.2, -0.15) is 0 Å². The first-order valence-electron chi connectivity index (χ1n) is 7.67. The summed E-state index contributed by atoms with van der Waals surface area (Å²) >= 11 is 0. The number of ketones is 1. The van der Waals surface area contributed by atoms with Crippen molar-refractivity contribution < 1.29 is 14.8 Å². The van der Waals surface area contributed by atoms with Crippen LogP contribution in [0.25, 0.3) is 10.9 Å². The van der Waals surface area contributed by atoms with Crippen LogP contribution in [0.3, 0.4) is 0 Å². The minimum atomic E-state index is -1.56. The molecule has 5 nitrogen and oxygen atoms in total. The quantitative estimate of drug-likeness (QED) is 0.469. The molecular weight excluding hydrogens is 303 g/mol. The van der Waals surface area contributed by atoms with Crippen molar-refractivity contribution in [1.82, 2.24) is 4.98 Å². The lowest BCUT2D eigenvalue weighted by Gasteiger charge is -2.03. The fourth-order valence-corrected chi connectivity index (χ4v) is 2.66. The first-order chi connectivity index (χ1) is 11.6. The molecule has 0 radical (unpaired) electrons. The molecule has 120 valence electrons. The maximum atomic E-state index is 12.1. The second kappa shape index (κ2) is 7.25. The lowest BCUT2D eigenvalue weighted by molar-refractivity contribution is -0.117. The van der Waals surface area contributed by atoms with Crippen LogP contribution in [0.4, 0.5) is 0 Å². The highest BCUT2D eigenvalue weighted by molar-refractivity contribution is 6.60. The van der Waals surface area contributed by atoms with Crippen LogP contribution in [0.2, 0.25) is 0 Å². The van der Waals surface area contributed by atoms with Gasteiger partial charge in [-0.25, -0.2) is 0 Å². The minimum absolute atomic E-state index is 0.00182. The third kappa shape index (κ3) is 3.61. The van der Waals surface area contributed by atoms with E-state index in [1.54, 1.807) is 24.3 Å². The number of Topliss-reactive ketones (excluding diaryl/α,β-unsaturated/α-hetero) is 1.